The summed E-state index contributed by atoms with van der Waals surface area (Å²) >= 11 is 0. The molecule has 32 heavy (non-hydrogen) atoms. The Labute approximate surface area is 189 Å². The van der Waals surface area contributed by atoms with E-state index in [0.717, 1.165) is 18.7 Å². The van der Waals surface area contributed by atoms with Gasteiger partial charge in [0.2, 0.25) is 11.7 Å². The Hall–Kier alpha value is -3.06. The summed E-state index contributed by atoms with van der Waals surface area (Å²) in [5, 5.41) is 0. The molecule has 0 radical (unpaired) electrons. The summed E-state index contributed by atoms with van der Waals surface area (Å²) < 4.78 is 16.4. The maximum atomic E-state index is 12.6. The predicted octanol–water partition coefficient (Wildman–Crippen LogP) is 3.41. The van der Waals surface area contributed by atoms with Crippen molar-refractivity contribution in [2.45, 2.75) is 25.8 Å². The van der Waals surface area contributed by atoms with Crippen LogP contribution in [0.15, 0.2) is 42.5 Å². The summed E-state index contributed by atoms with van der Waals surface area (Å²) in [6.45, 7) is 3.64. The van der Waals surface area contributed by atoms with Crippen LogP contribution in [-0.2, 0) is 11.3 Å². The second-order valence-corrected chi connectivity index (χ2v) is 7.79. The molecule has 172 valence electrons. The SMILES string of the molecule is COc1ccc(CN2CCN(C(=O)CCCC(=O)c3ccccc3)CC2)c(OC)c1OC. The van der Waals surface area contributed by atoms with Crippen molar-refractivity contribution in [3.8, 4) is 17.2 Å². The summed E-state index contributed by atoms with van der Waals surface area (Å²) in [6, 6.07) is 13.1. The molecule has 1 aliphatic rings. The number of hydrogen-bond acceptors (Lipinski definition) is 6. The summed E-state index contributed by atoms with van der Waals surface area (Å²) in [5.41, 5.74) is 1.73. The Bertz CT molecular complexity index is 908. The molecule has 7 heteroatoms. The van der Waals surface area contributed by atoms with Crippen molar-refractivity contribution in [1.82, 2.24) is 9.80 Å². The fourth-order valence-electron chi connectivity index (χ4n) is 4.01. The van der Waals surface area contributed by atoms with Gasteiger partial charge < -0.3 is 19.1 Å². The number of hydrogen-bond donors (Lipinski definition) is 0. The summed E-state index contributed by atoms with van der Waals surface area (Å²) in [4.78, 5) is 29.0. The second kappa shape index (κ2) is 11.5. The van der Waals surface area contributed by atoms with Gasteiger partial charge in [0.05, 0.1) is 21.3 Å². The quantitative estimate of drug-likeness (QED) is 0.528. The molecule has 0 spiro atoms. The van der Waals surface area contributed by atoms with Crippen LogP contribution in [0.1, 0.15) is 35.2 Å². The topological polar surface area (TPSA) is 68.3 Å². The van der Waals surface area contributed by atoms with Crippen LogP contribution >= 0.6 is 0 Å². The Morgan fingerprint density at radius 2 is 1.50 bits per heavy atom. The Morgan fingerprint density at radius 3 is 2.12 bits per heavy atom. The third kappa shape index (κ3) is 5.79. The van der Waals surface area contributed by atoms with Crippen molar-refractivity contribution in [2.75, 3.05) is 47.5 Å². The molecule has 7 nitrogen and oxygen atoms in total. The predicted molar refractivity (Wildman–Crippen MR) is 123 cm³/mol. The number of Topliss-reactive ketones (excluding diaryl/α,β-unsaturated/α-hetero) is 1. The number of piperazine rings is 1. The van der Waals surface area contributed by atoms with E-state index in [4.69, 9.17) is 14.2 Å². The largest absolute Gasteiger partial charge is 0.493 e. The average Bonchev–Trinajstić information content (AvgIpc) is 2.84. The Balaban J connectivity index is 1.47. The number of ketones is 1. The monoisotopic (exact) mass is 440 g/mol. The molecule has 1 saturated heterocycles. The highest BCUT2D eigenvalue weighted by Gasteiger charge is 2.23. The number of amides is 1. The Morgan fingerprint density at radius 1 is 0.812 bits per heavy atom. The first-order chi connectivity index (χ1) is 15.6. The molecule has 0 N–H and O–H groups in total. The number of ether oxygens (including phenoxy) is 3. The number of carbonyl (C=O) groups excluding carboxylic acids is 2. The molecule has 3 rings (SSSR count). The van der Waals surface area contributed by atoms with Gasteiger partial charge in [-0.15, -0.1) is 0 Å². The van der Waals surface area contributed by atoms with Gasteiger partial charge in [0.25, 0.3) is 0 Å². The van der Waals surface area contributed by atoms with Gasteiger partial charge in [-0.3, -0.25) is 14.5 Å². The fourth-order valence-corrected chi connectivity index (χ4v) is 4.01. The highest BCUT2D eigenvalue weighted by atomic mass is 16.5. The molecule has 1 aliphatic heterocycles. The van der Waals surface area contributed by atoms with Crippen LogP contribution < -0.4 is 14.2 Å². The van der Waals surface area contributed by atoms with Crippen molar-refractivity contribution in [2.24, 2.45) is 0 Å². The normalized spacial score (nSPS) is 14.2. The van der Waals surface area contributed by atoms with E-state index in [1.165, 1.54) is 0 Å². The fraction of sp³-hybridized carbons (Fsp3) is 0.440. The number of nitrogens with zero attached hydrogens (tertiary/aromatic N) is 2. The van der Waals surface area contributed by atoms with Crippen molar-refractivity contribution in [3.05, 3.63) is 53.6 Å². The standard InChI is InChI=1S/C25H32N2O5/c1-30-22-13-12-20(24(31-2)25(22)32-3)18-26-14-16-27(17-15-26)23(29)11-7-10-21(28)19-8-5-4-6-9-19/h4-6,8-9,12-13H,7,10-11,14-18H2,1-3H3. The van der Waals surface area contributed by atoms with E-state index < -0.39 is 0 Å². The van der Waals surface area contributed by atoms with Crippen molar-refractivity contribution in [1.29, 1.82) is 0 Å². The smallest absolute Gasteiger partial charge is 0.222 e. The molecular weight excluding hydrogens is 408 g/mol. The van der Waals surface area contributed by atoms with Gasteiger partial charge >= 0.3 is 0 Å². The number of benzene rings is 2. The van der Waals surface area contributed by atoms with Crippen LogP contribution in [0.3, 0.4) is 0 Å². The van der Waals surface area contributed by atoms with Crippen LogP contribution in [0.25, 0.3) is 0 Å². The summed E-state index contributed by atoms with van der Waals surface area (Å²) in [7, 11) is 4.83. The lowest BCUT2D eigenvalue weighted by atomic mass is 10.1. The summed E-state index contributed by atoms with van der Waals surface area (Å²) in [6.07, 6.45) is 1.38. The first kappa shape index (κ1) is 23.6. The minimum Gasteiger partial charge on any atom is -0.493 e. The highest BCUT2D eigenvalue weighted by Crippen LogP contribution is 2.40. The molecular formula is C25H32N2O5. The van der Waals surface area contributed by atoms with Gasteiger partial charge in [-0.05, 0) is 12.5 Å². The first-order valence-electron chi connectivity index (χ1n) is 10.9. The number of carbonyl (C=O) groups is 2. The van der Waals surface area contributed by atoms with E-state index in [0.29, 0.717) is 61.7 Å². The summed E-state index contributed by atoms with van der Waals surface area (Å²) in [5.74, 6) is 2.11. The van der Waals surface area contributed by atoms with Crippen LogP contribution in [-0.4, -0.2) is 69.0 Å². The van der Waals surface area contributed by atoms with Crippen molar-refractivity contribution >= 4 is 11.7 Å². The minimum atomic E-state index is 0.0899. The second-order valence-electron chi connectivity index (χ2n) is 7.79. The van der Waals surface area contributed by atoms with E-state index in [1.54, 1.807) is 21.3 Å². The molecule has 0 bridgehead atoms. The van der Waals surface area contributed by atoms with Crippen molar-refractivity contribution < 1.29 is 23.8 Å². The van der Waals surface area contributed by atoms with E-state index in [-0.39, 0.29) is 11.7 Å². The van der Waals surface area contributed by atoms with Gasteiger partial charge in [-0.25, -0.2) is 0 Å². The highest BCUT2D eigenvalue weighted by molar-refractivity contribution is 5.96. The molecule has 0 aliphatic carbocycles. The lowest BCUT2D eigenvalue weighted by Gasteiger charge is -2.35. The van der Waals surface area contributed by atoms with E-state index in [9.17, 15) is 9.59 Å². The molecule has 0 aromatic heterocycles. The van der Waals surface area contributed by atoms with Gasteiger partial charge in [0, 0.05) is 56.7 Å². The molecule has 1 amide bonds. The maximum Gasteiger partial charge on any atom is 0.222 e. The lowest BCUT2D eigenvalue weighted by Crippen LogP contribution is -2.48. The first-order valence-corrected chi connectivity index (χ1v) is 10.9. The van der Waals surface area contributed by atoms with Crippen molar-refractivity contribution in [3.63, 3.8) is 0 Å². The maximum absolute atomic E-state index is 12.6. The third-order valence-corrected chi connectivity index (χ3v) is 5.79. The number of methoxy groups -OCH3 is 3. The zero-order valence-electron chi connectivity index (χ0n) is 19.1. The van der Waals surface area contributed by atoms with Crippen LogP contribution in [0.2, 0.25) is 0 Å². The molecule has 1 heterocycles. The van der Waals surface area contributed by atoms with Gasteiger partial charge in [-0.2, -0.15) is 0 Å². The third-order valence-electron chi connectivity index (χ3n) is 5.79. The molecule has 2 aromatic carbocycles. The van der Waals surface area contributed by atoms with Gasteiger partial charge in [0.1, 0.15) is 0 Å². The molecule has 0 atom stereocenters. The minimum absolute atomic E-state index is 0.0899. The Kier molecular flexibility index (Phi) is 8.50. The zero-order valence-corrected chi connectivity index (χ0v) is 19.1. The molecule has 2 aromatic rings. The van der Waals surface area contributed by atoms with Gasteiger partial charge in [0.15, 0.2) is 17.3 Å². The number of rotatable bonds is 10. The molecule has 0 unspecified atom stereocenters. The van der Waals surface area contributed by atoms with Crippen LogP contribution in [0, 0.1) is 0 Å². The van der Waals surface area contributed by atoms with E-state index >= 15 is 0 Å². The van der Waals surface area contributed by atoms with E-state index in [2.05, 4.69) is 4.90 Å². The molecule has 1 fully saturated rings. The van der Waals surface area contributed by atoms with Gasteiger partial charge in [-0.1, -0.05) is 36.4 Å². The molecule has 0 saturated carbocycles. The van der Waals surface area contributed by atoms with Crippen LogP contribution in [0.4, 0.5) is 0 Å². The lowest BCUT2D eigenvalue weighted by molar-refractivity contribution is -0.133. The van der Waals surface area contributed by atoms with E-state index in [1.807, 2.05) is 47.4 Å². The van der Waals surface area contributed by atoms with Crippen LogP contribution in [0.5, 0.6) is 17.2 Å². The zero-order chi connectivity index (χ0) is 22.9. The average molecular weight is 441 g/mol.